The first-order chi connectivity index (χ1) is 10.4. The van der Waals surface area contributed by atoms with Crippen LogP contribution < -0.4 is 9.47 Å². The number of benzene rings is 1. The third kappa shape index (κ3) is 2.06. The Bertz CT molecular complexity index is 653. The lowest BCUT2D eigenvalue weighted by molar-refractivity contribution is -0.125. The van der Waals surface area contributed by atoms with Gasteiger partial charge in [0.2, 0.25) is 4.93 Å². The zero-order valence-corrected chi connectivity index (χ0v) is 18.3. The summed E-state index contributed by atoms with van der Waals surface area (Å²) in [5.74, 6) is 1.32. The highest BCUT2D eigenvalue weighted by atomic mass is 79.9. The summed E-state index contributed by atoms with van der Waals surface area (Å²) in [6.07, 6.45) is 4.21. The van der Waals surface area contributed by atoms with Crippen molar-refractivity contribution in [2.24, 2.45) is 0 Å². The average molecular weight is 578 g/mol. The van der Waals surface area contributed by atoms with Crippen LogP contribution in [0.25, 0.3) is 0 Å². The van der Waals surface area contributed by atoms with Crippen molar-refractivity contribution in [3.05, 3.63) is 17.9 Å². The van der Waals surface area contributed by atoms with Crippen molar-refractivity contribution in [2.45, 2.75) is 42.6 Å². The number of ether oxygens (including phenoxy) is 2. The van der Waals surface area contributed by atoms with Gasteiger partial charge in [-0.3, -0.25) is 4.79 Å². The Morgan fingerprint density at radius 1 is 0.864 bits per heavy atom. The van der Waals surface area contributed by atoms with Gasteiger partial charge >= 0.3 is 0 Å². The molecule has 1 aliphatic carbocycles. The smallest absolute Gasteiger partial charge is 0.201 e. The molecular formula is C14H10Br4O3S. The van der Waals surface area contributed by atoms with Crippen molar-refractivity contribution in [1.82, 2.24) is 0 Å². The summed E-state index contributed by atoms with van der Waals surface area (Å²) >= 11 is 15.6. The largest absolute Gasteiger partial charge is 0.476 e. The zero-order chi connectivity index (χ0) is 15.7. The highest BCUT2D eigenvalue weighted by molar-refractivity contribution is 9.15. The Hall–Kier alpha value is 0.760. The maximum absolute atomic E-state index is 12.2. The standard InChI is InChI=1S/C14H10Br4O3S/c15-7-8(16)10(18)12-11(9(7)17)20-13-3-1-2-4-14(13,21-12)22-6(19)5-13/h1-5H2. The topological polar surface area (TPSA) is 35.5 Å². The summed E-state index contributed by atoms with van der Waals surface area (Å²) in [4.78, 5) is 11.6. The van der Waals surface area contributed by atoms with E-state index in [-0.39, 0.29) is 5.12 Å². The number of carbonyl (C=O) groups is 1. The third-order valence-corrected chi connectivity index (χ3v) is 10.5. The van der Waals surface area contributed by atoms with Crippen LogP contribution in [0, 0.1) is 0 Å². The summed E-state index contributed by atoms with van der Waals surface area (Å²) in [5, 5.41) is 0.153. The zero-order valence-electron chi connectivity index (χ0n) is 11.2. The minimum absolute atomic E-state index is 0.153. The van der Waals surface area contributed by atoms with Crippen molar-refractivity contribution in [2.75, 3.05) is 0 Å². The van der Waals surface area contributed by atoms with Gasteiger partial charge in [0.05, 0.1) is 24.3 Å². The Kier molecular flexibility index (Phi) is 3.97. The van der Waals surface area contributed by atoms with E-state index < -0.39 is 10.5 Å². The van der Waals surface area contributed by atoms with Crippen molar-refractivity contribution >= 4 is 80.6 Å². The van der Waals surface area contributed by atoms with Crippen LogP contribution in [-0.2, 0) is 4.79 Å². The van der Waals surface area contributed by atoms with Crippen LogP contribution in [0.15, 0.2) is 17.9 Å². The molecule has 1 aromatic rings. The van der Waals surface area contributed by atoms with Crippen LogP contribution in [0.1, 0.15) is 32.1 Å². The summed E-state index contributed by atoms with van der Waals surface area (Å²) in [5.41, 5.74) is -0.546. The maximum Gasteiger partial charge on any atom is 0.201 e. The molecule has 0 amide bonds. The minimum Gasteiger partial charge on any atom is -0.476 e. The Balaban J connectivity index is 1.94. The summed E-state index contributed by atoms with van der Waals surface area (Å²) in [6.45, 7) is 0. The van der Waals surface area contributed by atoms with Gasteiger partial charge in [-0.05, 0) is 94.7 Å². The van der Waals surface area contributed by atoms with Crippen molar-refractivity contribution < 1.29 is 14.3 Å². The van der Waals surface area contributed by atoms with Gasteiger partial charge in [0.1, 0.15) is 0 Å². The maximum atomic E-state index is 12.2. The molecule has 3 aliphatic rings. The second-order valence-corrected chi connectivity index (χ2v) is 10.2. The molecule has 8 heteroatoms. The van der Waals surface area contributed by atoms with Crippen molar-refractivity contribution in [3.8, 4) is 11.5 Å². The van der Waals surface area contributed by atoms with Crippen molar-refractivity contribution in [3.63, 3.8) is 0 Å². The lowest BCUT2D eigenvalue weighted by atomic mass is 9.79. The van der Waals surface area contributed by atoms with Crippen LogP contribution in [0.3, 0.4) is 0 Å². The fraction of sp³-hybridized carbons (Fsp3) is 0.500. The molecule has 1 aromatic carbocycles. The van der Waals surface area contributed by atoms with E-state index in [0.717, 1.165) is 43.6 Å². The molecule has 22 heavy (non-hydrogen) atoms. The third-order valence-electron chi connectivity index (χ3n) is 4.49. The van der Waals surface area contributed by atoms with E-state index in [0.29, 0.717) is 17.9 Å². The summed E-state index contributed by atoms with van der Waals surface area (Å²) < 4.78 is 16.2. The molecule has 2 heterocycles. The van der Waals surface area contributed by atoms with Gasteiger partial charge in [-0.15, -0.1) is 0 Å². The Morgan fingerprint density at radius 3 is 2.14 bits per heavy atom. The molecular weight excluding hydrogens is 568 g/mol. The molecule has 118 valence electrons. The van der Waals surface area contributed by atoms with E-state index >= 15 is 0 Å². The molecule has 1 saturated heterocycles. The van der Waals surface area contributed by atoms with E-state index in [1.165, 1.54) is 11.8 Å². The van der Waals surface area contributed by atoms with Crippen LogP contribution in [0.4, 0.5) is 0 Å². The molecule has 0 spiro atoms. The molecule has 4 rings (SSSR count). The van der Waals surface area contributed by atoms with E-state index in [1.807, 2.05) is 0 Å². The van der Waals surface area contributed by atoms with Crippen LogP contribution in [0.2, 0.25) is 0 Å². The molecule has 0 N–H and O–H groups in total. The first kappa shape index (κ1) is 16.2. The number of thioether (sulfide) groups is 1. The fourth-order valence-electron chi connectivity index (χ4n) is 3.47. The second kappa shape index (κ2) is 5.38. The SMILES string of the molecule is O=C1CC23CCCCC2(Oc2c(Br)c(Br)c(Br)c(Br)c2O3)S1. The molecule has 2 aliphatic heterocycles. The number of fused-ring (bicyclic) bond motifs is 1. The van der Waals surface area contributed by atoms with Crippen LogP contribution >= 0.6 is 75.5 Å². The van der Waals surface area contributed by atoms with Crippen LogP contribution in [0.5, 0.6) is 11.5 Å². The van der Waals surface area contributed by atoms with Gasteiger partial charge in [0.25, 0.3) is 0 Å². The fourth-order valence-corrected chi connectivity index (χ4v) is 7.12. The van der Waals surface area contributed by atoms with Gasteiger partial charge < -0.3 is 9.47 Å². The summed E-state index contributed by atoms with van der Waals surface area (Å²) in [7, 11) is 0. The highest BCUT2D eigenvalue weighted by Gasteiger charge is 2.67. The number of hydrogen-bond acceptors (Lipinski definition) is 4. The first-order valence-corrected chi connectivity index (χ1v) is 10.8. The molecule has 3 nitrogen and oxygen atoms in total. The van der Waals surface area contributed by atoms with E-state index in [9.17, 15) is 4.79 Å². The second-order valence-electron chi connectivity index (χ2n) is 5.72. The van der Waals surface area contributed by atoms with E-state index in [1.54, 1.807) is 0 Å². The molecule has 0 bridgehead atoms. The Labute approximate surface area is 165 Å². The number of halogens is 4. The molecule has 2 fully saturated rings. The monoisotopic (exact) mass is 574 g/mol. The van der Waals surface area contributed by atoms with Crippen molar-refractivity contribution in [1.29, 1.82) is 0 Å². The van der Waals surface area contributed by atoms with Gasteiger partial charge in [-0.2, -0.15) is 0 Å². The highest BCUT2D eigenvalue weighted by Crippen LogP contribution is 2.64. The van der Waals surface area contributed by atoms with Gasteiger partial charge in [0, 0.05) is 6.42 Å². The molecule has 0 aromatic heterocycles. The molecule has 1 saturated carbocycles. The molecule has 0 radical (unpaired) electrons. The van der Waals surface area contributed by atoms with E-state index in [2.05, 4.69) is 63.7 Å². The lowest BCUT2D eigenvalue weighted by Gasteiger charge is -2.50. The van der Waals surface area contributed by atoms with Gasteiger partial charge in [-0.1, -0.05) is 0 Å². The normalized spacial score (nSPS) is 32.6. The quantitative estimate of drug-likeness (QED) is 0.273. The number of rotatable bonds is 0. The van der Waals surface area contributed by atoms with Gasteiger partial charge in [-0.25, -0.2) is 0 Å². The predicted molar refractivity (Wildman–Crippen MR) is 99.6 cm³/mol. The minimum atomic E-state index is -0.593. The van der Waals surface area contributed by atoms with E-state index in [4.69, 9.17) is 9.47 Å². The molecule has 2 atom stereocenters. The van der Waals surface area contributed by atoms with Gasteiger partial charge in [0.15, 0.2) is 22.2 Å². The Morgan fingerprint density at radius 2 is 1.45 bits per heavy atom. The number of hydrogen-bond donors (Lipinski definition) is 0. The lowest BCUT2D eigenvalue weighted by Crippen LogP contribution is -2.60. The first-order valence-electron chi connectivity index (χ1n) is 6.85. The average Bonchev–Trinajstić information content (AvgIpc) is 2.80. The molecule has 2 unspecified atom stereocenters. The number of carbonyl (C=O) groups excluding carboxylic acids is 1. The predicted octanol–water partition coefficient (Wildman–Crippen LogP) is 6.18. The summed E-state index contributed by atoms with van der Waals surface area (Å²) in [6, 6.07) is 0. The van der Waals surface area contributed by atoms with Crippen LogP contribution in [-0.4, -0.2) is 15.6 Å².